The van der Waals surface area contributed by atoms with Crippen LogP contribution >= 0.6 is 11.8 Å². The highest BCUT2D eigenvalue weighted by molar-refractivity contribution is 7.99. The van der Waals surface area contributed by atoms with Gasteiger partial charge >= 0.3 is 0 Å². The SMILES string of the molecule is O=C1CCCN1Cc1nnc(SCC(=O)N2CCC[C@H]3CCCC[C@H]32)o1. The Balaban J connectivity index is 1.29. The molecule has 3 fully saturated rings. The molecule has 2 atom stereocenters. The maximum Gasteiger partial charge on any atom is 0.277 e. The molecule has 1 aromatic rings. The predicted molar refractivity (Wildman–Crippen MR) is 96.4 cm³/mol. The second kappa shape index (κ2) is 7.98. The Labute approximate surface area is 157 Å². The van der Waals surface area contributed by atoms with Crippen molar-refractivity contribution in [1.29, 1.82) is 0 Å². The van der Waals surface area contributed by atoms with E-state index in [4.69, 9.17) is 4.42 Å². The smallest absolute Gasteiger partial charge is 0.277 e. The number of amides is 2. The van der Waals surface area contributed by atoms with Crippen LogP contribution in [0.4, 0.5) is 0 Å². The topological polar surface area (TPSA) is 79.5 Å². The fourth-order valence-corrected chi connectivity index (χ4v) is 5.20. The van der Waals surface area contributed by atoms with Crippen LogP contribution in [0.15, 0.2) is 9.64 Å². The van der Waals surface area contributed by atoms with E-state index in [9.17, 15) is 9.59 Å². The van der Waals surface area contributed by atoms with E-state index >= 15 is 0 Å². The van der Waals surface area contributed by atoms with Gasteiger partial charge in [-0.15, -0.1) is 10.2 Å². The maximum absolute atomic E-state index is 12.7. The fourth-order valence-electron chi connectivity index (χ4n) is 4.54. The molecule has 1 saturated carbocycles. The van der Waals surface area contributed by atoms with E-state index < -0.39 is 0 Å². The molecule has 1 aromatic heterocycles. The number of carbonyl (C=O) groups is 2. The summed E-state index contributed by atoms with van der Waals surface area (Å²) in [6, 6.07) is 0.435. The Morgan fingerprint density at radius 2 is 1.96 bits per heavy atom. The van der Waals surface area contributed by atoms with E-state index in [0.717, 1.165) is 32.4 Å². The highest BCUT2D eigenvalue weighted by atomic mass is 32.2. The first-order valence-corrected chi connectivity index (χ1v) is 10.7. The van der Waals surface area contributed by atoms with Crippen LogP contribution in [0.2, 0.25) is 0 Å². The molecule has 0 radical (unpaired) electrons. The van der Waals surface area contributed by atoms with Gasteiger partial charge in [0.25, 0.3) is 5.22 Å². The second-order valence-electron chi connectivity index (χ2n) is 7.51. The zero-order valence-electron chi connectivity index (χ0n) is 15.1. The zero-order chi connectivity index (χ0) is 17.9. The minimum atomic E-state index is 0.139. The Kier molecular flexibility index (Phi) is 5.47. The van der Waals surface area contributed by atoms with E-state index in [1.165, 1.54) is 37.4 Å². The maximum atomic E-state index is 12.7. The molecular weight excluding hydrogens is 352 g/mol. The Morgan fingerprint density at radius 3 is 2.81 bits per heavy atom. The summed E-state index contributed by atoms with van der Waals surface area (Å²) >= 11 is 1.31. The number of aromatic nitrogens is 2. The van der Waals surface area contributed by atoms with Gasteiger partial charge in [-0.1, -0.05) is 24.6 Å². The molecule has 0 unspecified atom stereocenters. The molecule has 2 aliphatic heterocycles. The van der Waals surface area contributed by atoms with Crippen molar-refractivity contribution in [2.45, 2.75) is 69.2 Å². The second-order valence-corrected chi connectivity index (χ2v) is 8.44. The largest absolute Gasteiger partial charge is 0.414 e. The summed E-state index contributed by atoms with van der Waals surface area (Å²) in [6.07, 6.45) is 8.83. The van der Waals surface area contributed by atoms with Gasteiger partial charge in [-0.3, -0.25) is 9.59 Å². The van der Waals surface area contributed by atoms with Crippen LogP contribution in [0.25, 0.3) is 0 Å². The lowest BCUT2D eigenvalue weighted by atomic mass is 9.78. The first kappa shape index (κ1) is 17.8. The summed E-state index contributed by atoms with van der Waals surface area (Å²) < 4.78 is 5.61. The van der Waals surface area contributed by atoms with Crippen molar-refractivity contribution in [3.8, 4) is 0 Å². The minimum Gasteiger partial charge on any atom is -0.414 e. The molecule has 0 spiro atoms. The monoisotopic (exact) mass is 378 g/mol. The van der Waals surface area contributed by atoms with Crippen LogP contribution in [0.3, 0.4) is 0 Å². The lowest BCUT2D eigenvalue weighted by Gasteiger charge is -2.44. The van der Waals surface area contributed by atoms with Gasteiger partial charge < -0.3 is 14.2 Å². The molecule has 7 nitrogen and oxygen atoms in total. The molecule has 1 aliphatic carbocycles. The number of piperidine rings is 1. The fraction of sp³-hybridized carbons (Fsp3) is 0.778. The zero-order valence-corrected chi connectivity index (χ0v) is 15.9. The van der Waals surface area contributed by atoms with Gasteiger partial charge in [-0.25, -0.2) is 0 Å². The van der Waals surface area contributed by atoms with Crippen LogP contribution < -0.4 is 0 Å². The molecule has 3 heterocycles. The average Bonchev–Trinajstić information content (AvgIpc) is 3.29. The van der Waals surface area contributed by atoms with Gasteiger partial charge in [-0.05, 0) is 38.0 Å². The highest BCUT2D eigenvalue weighted by Crippen LogP contribution is 2.35. The third-order valence-electron chi connectivity index (χ3n) is 5.83. The van der Waals surface area contributed by atoms with E-state index in [0.29, 0.717) is 41.8 Å². The number of nitrogens with zero attached hydrogens (tertiary/aromatic N) is 4. The third-order valence-corrected chi connectivity index (χ3v) is 6.63. The third kappa shape index (κ3) is 3.89. The molecule has 142 valence electrons. The number of fused-ring (bicyclic) bond motifs is 1. The molecule has 2 amide bonds. The van der Waals surface area contributed by atoms with Gasteiger partial charge in [0.1, 0.15) is 0 Å². The molecule has 2 saturated heterocycles. The summed E-state index contributed by atoms with van der Waals surface area (Å²) in [5, 5.41) is 8.45. The van der Waals surface area contributed by atoms with Crippen LogP contribution in [0, 0.1) is 5.92 Å². The molecule has 8 heteroatoms. The van der Waals surface area contributed by atoms with Gasteiger partial charge in [0.15, 0.2) is 0 Å². The Bertz CT molecular complexity index is 663. The van der Waals surface area contributed by atoms with Crippen molar-refractivity contribution >= 4 is 23.6 Å². The van der Waals surface area contributed by atoms with Crippen LogP contribution in [-0.4, -0.2) is 56.7 Å². The lowest BCUT2D eigenvalue weighted by molar-refractivity contribution is -0.134. The predicted octanol–water partition coefficient (Wildman–Crippen LogP) is 2.47. The summed E-state index contributed by atoms with van der Waals surface area (Å²) in [6.45, 7) is 2.00. The summed E-state index contributed by atoms with van der Waals surface area (Å²) in [5.41, 5.74) is 0. The summed E-state index contributed by atoms with van der Waals surface area (Å²) in [4.78, 5) is 28.2. The quantitative estimate of drug-likeness (QED) is 0.732. The normalized spacial score (nSPS) is 26.2. The van der Waals surface area contributed by atoms with Crippen molar-refractivity contribution in [1.82, 2.24) is 20.0 Å². The van der Waals surface area contributed by atoms with Crippen LogP contribution in [0.1, 0.15) is 57.3 Å². The van der Waals surface area contributed by atoms with Crippen molar-refractivity contribution in [2.24, 2.45) is 5.92 Å². The molecule has 4 rings (SSSR count). The molecule has 0 aromatic carbocycles. The standard InChI is InChI=1S/C18H26N4O3S/c23-16-8-4-9-21(16)11-15-19-20-18(25-15)26-12-17(24)22-10-3-6-13-5-1-2-7-14(13)22/h13-14H,1-12H2/t13-,14-/m1/s1. The first-order chi connectivity index (χ1) is 12.7. The van der Waals surface area contributed by atoms with Crippen molar-refractivity contribution in [3.63, 3.8) is 0 Å². The van der Waals surface area contributed by atoms with E-state index in [1.54, 1.807) is 4.90 Å². The number of carbonyl (C=O) groups excluding carboxylic acids is 2. The Hall–Kier alpha value is -1.57. The first-order valence-electron chi connectivity index (χ1n) is 9.73. The molecular formula is C18H26N4O3S. The van der Waals surface area contributed by atoms with Gasteiger partial charge in [0.2, 0.25) is 17.7 Å². The number of thioether (sulfide) groups is 1. The number of hydrogen-bond donors (Lipinski definition) is 0. The van der Waals surface area contributed by atoms with E-state index in [2.05, 4.69) is 15.1 Å². The molecule has 0 bridgehead atoms. The average molecular weight is 378 g/mol. The van der Waals surface area contributed by atoms with Crippen LogP contribution in [-0.2, 0) is 16.1 Å². The molecule has 3 aliphatic rings. The van der Waals surface area contributed by atoms with Crippen molar-refractivity contribution in [2.75, 3.05) is 18.8 Å². The van der Waals surface area contributed by atoms with E-state index in [-0.39, 0.29) is 11.8 Å². The van der Waals surface area contributed by atoms with E-state index in [1.807, 2.05) is 0 Å². The highest BCUT2D eigenvalue weighted by Gasteiger charge is 2.35. The lowest BCUT2D eigenvalue weighted by Crippen LogP contribution is -2.50. The van der Waals surface area contributed by atoms with Crippen molar-refractivity contribution < 1.29 is 14.0 Å². The summed E-state index contributed by atoms with van der Waals surface area (Å²) in [5.74, 6) is 1.80. The number of likely N-dealkylation sites (tertiary alicyclic amines) is 2. The molecule has 26 heavy (non-hydrogen) atoms. The van der Waals surface area contributed by atoms with Gasteiger partial charge in [0.05, 0.1) is 12.3 Å². The van der Waals surface area contributed by atoms with Gasteiger partial charge in [0, 0.05) is 25.6 Å². The van der Waals surface area contributed by atoms with Crippen LogP contribution in [0.5, 0.6) is 0 Å². The van der Waals surface area contributed by atoms with Gasteiger partial charge in [-0.2, -0.15) is 0 Å². The Morgan fingerprint density at radius 1 is 1.12 bits per heavy atom. The number of rotatable bonds is 5. The summed E-state index contributed by atoms with van der Waals surface area (Å²) in [7, 11) is 0. The van der Waals surface area contributed by atoms with Crippen molar-refractivity contribution in [3.05, 3.63) is 5.89 Å². The minimum absolute atomic E-state index is 0.139. The number of hydrogen-bond acceptors (Lipinski definition) is 6. The molecule has 0 N–H and O–H groups in total.